The number of rotatable bonds is 4. The minimum Gasteiger partial charge on any atom is -0.304 e. The van der Waals surface area contributed by atoms with Crippen molar-refractivity contribution in [2.45, 2.75) is 25.9 Å². The number of hydrogen-bond donors (Lipinski definition) is 1. The molecule has 1 N–H and O–H groups in total. The topological polar surface area (TPSA) is 12.0 Å². The third-order valence-electron chi connectivity index (χ3n) is 3.24. The van der Waals surface area contributed by atoms with Gasteiger partial charge in [0.2, 0.25) is 0 Å². The van der Waals surface area contributed by atoms with Crippen LogP contribution in [0.5, 0.6) is 0 Å². The summed E-state index contributed by atoms with van der Waals surface area (Å²) in [6.07, 6.45) is 0. The maximum atomic E-state index is 12.9. The summed E-state index contributed by atoms with van der Waals surface area (Å²) in [6, 6.07) is 15.2. The van der Waals surface area contributed by atoms with Gasteiger partial charge in [-0.15, -0.1) is 0 Å². The van der Waals surface area contributed by atoms with Crippen LogP contribution >= 0.6 is 15.9 Å². The van der Waals surface area contributed by atoms with E-state index in [4.69, 9.17) is 0 Å². The van der Waals surface area contributed by atoms with E-state index in [1.165, 1.54) is 17.7 Å². The number of nitrogens with one attached hydrogen (secondary N) is 1. The summed E-state index contributed by atoms with van der Waals surface area (Å²) in [6.45, 7) is 4.21. The molecule has 2 aromatic carbocycles. The summed E-state index contributed by atoms with van der Waals surface area (Å²) >= 11 is 3.56. The van der Waals surface area contributed by atoms with Crippen molar-refractivity contribution in [1.29, 1.82) is 0 Å². The highest BCUT2D eigenvalue weighted by molar-refractivity contribution is 9.10. The van der Waals surface area contributed by atoms with Crippen molar-refractivity contribution >= 4 is 15.9 Å². The van der Waals surface area contributed by atoms with Gasteiger partial charge in [-0.25, -0.2) is 4.39 Å². The average Bonchev–Trinajstić information content (AvgIpc) is 2.39. The fraction of sp³-hybridized carbons (Fsp3) is 0.250. The molecule has 0 heterocycles. The molecule has 2 atom stereocenters. The Bertz CT molecular complexity index is 539. The van der Waals surface area contributed by atoms with Crippen molar-refractivity contribution < 1.29 is 4.39 Å². The first-order valence-corrected chi connectivity index (χ1v) is 7.13. The minimum atomic E-state index is -0.199. The zero-order chi connectivity index (χ0) is 13.8. The summed E-state index contributed by atoms with van der Waals surface area (Å²) in [5, 5.41) is 3.52. The summed E-state index contributed by atoms with van der Waals surface area (Å²) in [5.74, 6) is -0.199. The molecule has 0 aromatic heterocycles. The zero-order valence-electron chi connectivity index (χ0n) is 11.0. The van der Waals surface area contributed by atoms with Crippen LogP contribution in [0.2, 0.25) is 0 Å². The lowest BCUT2D eigenvalue weighted by Crippen LogP contribution is -2.22. The molecule has 0 spiro atoms. The van der Waals surface area contributed by atoms with E-state index in [0.717, 1.165) is 10.0 Å². The molecule has 0 aliphatic rings. The van der Waals surface area contributed by atoms with Crippen LogP contribution in [0.3, 0.4) is 0 Å². The van der Waals surface area contributed by atoms with Crippen LogP contribution in [0.25, 0.3) is 0 Å². The second-order valence-corrected chi connectivity index (χ2v) is 5.54. The van der Waals surface area contributed by atoms with Crippen molar-refractivity contribution in [3.63, 3.8) is 0 Å². The van der Waals surface area contributed by atoms with Gasteiger partial charge in [0.05, 0.1) is 0 Å². The highest BCUT2D eigenvalue weighted by Gasteiger charge is 2.13. The summed E-state index contributed by atoms with van der Waals surface area (Å²) in [7, 11) is 0. The molecule has 0 saturated heterocycles. The molecule has 19 heavy (non-hydrogen) atoms. The van der Waals surface area contributed by atoms with Gasteiger partial charge in [0.25, 0.3) is 0 Å². The third-order valence-corrected chi connectivity index (χ3v) is 3.96. The molecule has 0 amide bonds. The molecule has 1 nitrogen and oxygen atoms in total. The highest BCUT2D eigenvalue weighted by atomic mass is 79.9. The first-order valence-electron chi connectivity index (χ1n) is 6.34. The van der Waals surface area contributed by atoms with Gasteiger partial charge in [0.1, 0.15) is 5.82 Å². The van der Waals surface area contributed by atoms with Crippen LogP contribution in [0, 0.1) is 5.82 Å². The quantitative estimate of drug-likeness (QED) is 0.835. The Kier molecular flexibility index (Phi) is 4.72. The molecular weight excluding hydrogens is 305 g/mol. The lowest BCUT2D eigenvalue weighted by Gasteiger charge is -2.21. The van der Waals surface area contributed by atoms with Gasteiger partial charge in [-0.1, -0.05) is 46.3 Å². The molecule has 2 unspecified atom stereocenters. The van der Waals surface area contributed by atoms with Gasteiger partial charge in [-0.3, -0.25) is 0 Å². The van der Waals surface area contributed by atoms with Gasteiger partial charge >= 0.3 is 0 Å². The maximum Gasteiger partial charge on any atom is 0.123 e. The Balaban J connectivity index is 2.08. The molecular formula is C16H17BrFN. The fourth-order valence-corrected chi connectivity index (χ4v) is 2.77. The number of benzene rings is 2. The molecule has 3 heteroatoms. The Hall–Kier alpha value is -1.19. The summed E-state index contributed by atoms with van der Waals surface area (Å²) in [5.41, 5.74) is 2.30. The Labute approximate surface area is 122 Å². The van der Waals surface area contributed by atoms with Crippen molar-refractivity contribution in [3.8, 4) is 0 Å². The lowest BCUT2D eigenvalue weighted by atomic mass is 10.0. The molecule has 2 rings (SSSR count). The molecule has 0 saturated carbocycles. The van der Waals surface area contributed by atoms with Crippen molar-refractivity contribution in [2.24, 2.45) is 0 Å². The van der Waals surface area contributed by atoms with Crippen LogP contribution in [0.15, 0.2) is 53.0 Å². The highest BCUT2D eigenvalue weighted by Crippen LogP contribution is 2.25. The Morgan fingerprint density at radius 1 is 0.947 bits per heavy atom. The standard InChI is InChI=1S/C16H17BrFN/c1-11(13-7-9-14(18)10-8-13)19-12(2)15-5-3-4-6-16(15)17/h3-12,19H,1-2H3. The second kappa shape index (κ2) is 6.31. The van der Waals surface area contributed by atoms with Gasteiger partial charge in [0.15, 0.2) is 0 Å². The number of hydrogen-bond acceptors (Lipinski definition) is 1. The Morgan fingerprint density at radius 3 is 2.21 bits per heavy atom. The van der Waals surface area contributed by atoms with E-state index >= 15 is 0 Å². The van der Waals surface area contributed by atoms with E-state index in [0.29, 0.717) is 0 Å². The summed E-state index contributed by atoms with van der Waals surface area (Å²) in [4.78, 5) is 0. The van der Waals surface area contributed by atoms with E-state index in [-0.39, 0.29) is 17.9 Å². The van der Waals surface area contributed by atoms with Gasteiger partial charge in [0, 0.05) is 16.6 Å². The molecule has 0 fully saturated rings. The molecule has 0 aliphatic carbocycles. The predicted octanol–water partition coefficient (Wildman–Crippen LogP) is 5.00. The first-order chi connectivity index (χ1) is 9.08. The van der Waals surface area contributed by atoms with Crippen LogP contribution in [-0.4, -0.2) is 0 Å². The SMILES string of the molecule is CC(NC(C)c1ccccc1Br)c1ccc(F)cc1. The first kappa shape index (κ1) is 14.2. The van der Waals surface area contributed by atoms with Crippen molar-refractivity contribution in [3.05, 3.63) is 69.9 Å². The Morgan fingerprint density at radius 2 is 1.58 bits per heavy atom. The van der Waals surface area contributed by atoms with Crippen LogP contribution in [-0.2, 0) is 0 Å². The normalized spacial score (nSPS) is 14.1. The number of halogens is 2. The predicted molar refractivity (Wildman–Crippen MR) is 80.5 cm³/mol. The van der Waals surface area contributed by atoms with E-state index in [1.54, 1.807) is 0 Å². The minimum absolute atomic E-state index is 0.169. The van der Waals surface area contributed by atoms with Crippen LogP contribution < -0.4 is 5.32 Å². The average molecular weight is 322 g/mol. The molecule has 2 aromatic rings. The van der Waals surface area contributed by atoms with Crippen LogP contribution in [0.1, 0.15) is 37.1 Å². The van der Waals surface area contributed by atoms with E-state index < -0.39 is 0 Å². The van der Waals surface area contributed by atoms with E-state index in [9.17, 15) is 4.39 Å². The van der Waals surface area contributed by atoms with Crippen LogP contribution in [0.4, 0.5) is 4.39 Å². The smallest absolute Gasteiger partial charge is 0.123 e. The molecule has 0 radical (unpaired) electrons. The van der Waals surface area contributed by atoms with Gasteiger partial charge in [-0.05, 0) is 43.2 Å². The summed E-state index contributed by atoms with van der Waals surface area (Å²) < 4.78 is 14.0. The van der Waals surface area contributed by atoms with E-state index in [2.05, 4.69) is 41.2 Å². The van der Waals surface area contributed by atoms with Gasteiger partial charge < -0.3 is 5.32 Å². The monoisotopic (exact) mass is 321 g/mol. The maximum absolute atomic E-state index is 12.9. The fourth-order valence-electron chi connectivity index (χ4n) is 2.14. The largest absolute Gasteiger partial charge is 0.304 e. The van der Waals surface area contributed by atoms with Crippen molar-refractivity contribution in [2.75, 3.05) is 0 Å². The van der Waals surface area contributed by atoms with Crippen molar-refractivity contribution in [1.82, 2.24) is 5.32 Å². The molecule has 0 aliphatic heterocycles. The molecule has 100 valence electrons. The lowest BCUT2D eigenvalue weighted by molar-refractivity contribution is 0.492. The van der Waals surface area contributed by atoms with Gasteiger partial charge in [-0.2, -0.15) is 0 Å². The zero-order valence-corrected chi connectivity index (χ0v) is 12.6. The molecule has 0 bridgehead atoms. The van der Waals surface area contributed by atoms with E-state index in [1.807, 2.05) is 30.3 Å². The second-order valence-electron chi connectivity index (χ2n) is 4.68. The third kappa shape index (κ3) is 3.64.